The van der Waals surface area contributed by atoms with Gasteiger partial charge in [0.1, 0.15) is 12.4 Å². The van der Waals surface area contributed by atoms with Crippen molar-refractivity contribution in [2.24, 2.45) is 0 Å². The number of hydrogen-bond donors (Lipinski definition) is 1. The number of imidazole rings is 1. The first kappa shape index (κ1) is 15.7. The number of hydrogen-bond acceptors (Lipinski definition) is 0. The fraction of sp³-hybridized carbons (Fsp3) is 0.500. The Morgan fingerprint density at radius 1 is 1.41 bits per heavy atom. The van der Waals surface area contributed by atoms with Gasteiger partial charge in [-0.15, -0.1) is 6.58 Å². The van der Waals surface area contributed by atoms with Gasteiger partial charge in [0.2, 0.25) is 0 Å². The summed E-state index contributed by atoms with van der Waals surface area (Å²) < 4.78 is 41.3. The Bertz CT molecular complexity index is 316. The molecule has 1 rings (SSSR count). The summed E-state index contributed by atoms with van der Waals surface area (Å²) in [5.74, 6) is 1.25. The number of H-pyrrole nitrogens is 1. The van der Waals surface area contributed by atoms with Crippen molar-refractivity contribution < 1.29 is 21.8 Å². The minimum atomic E-state index is -6.00. The largest absolute Gasteiger partial charge is 0.673 e. The Morgan fingerprint density at radius 3 is 2.47 bits per heavy atom. The van der Waals surface area contributed by atoms with Gasteiger partial charge in [0, 0.05) is 0 Å². The summed E-state index contributed by atoms with van der Waals surface area (Å²) in [5.41, 5.74) is 0. The number of aromatic amines is 1. The first-order valence-corrected chi connectivity index (χ1v) is 5.42. The van der Waals surface area contributed by atoms with Gasteiger partial charge in [0.15, 0.2) is 0 Å². The summed E-state index contributed by atoms with van der Waals surface area (Å²) in [7, 11) is -6.00. The zero-order valence-corrected chi connectivity index (χ0v) is 9.80. The Hall–Kier alpha value is -1.27. The second-order valence-corrected chi connectivity index (χ2v) is 3.44. The predicted octanol–water partition coefficient (Wildman–Crippen LogP) is 3.13. The lowest BCUT2D eigenvalue weighted by Crippen LogP contribution is -2.35. The minimum Gasteiger partial charge on any atom is -0.418 e. The fourth-order valence-electron chi connectivity index (χ4n) is 1.25. The van der Waals surface area contributed by atoms with Crippen molar-refractivity contribution in [3.63, 3.8) is 0 Å². The normalized spacial score (nSPS) is 10.6. The second-order valence-electron chi connectivity index (χ2n) is 3.44. The van der Waals surface area contributed by atoms with Crippen LogP contribution in [0.25, 0.3) is 0 Å². The van der Waals surface area contributed by atoms with E-state index in [1.807, 2.05) is 12.3 Å². The maximum Gasteiger partial charge on any atom is 0.673 e. The van der Waals surface area contributed by atoms with E-state index in [1.165, 1.54) is 18.7 Å². The van der Waals surface area contributed by atoms with E-state index in [0.717, 1.165) is 13.0 Å². The van der Waals surface area contributed by atoms with E-state index in [2.05, 4.69) is 29.3 Å². The lowest BCUT2D eigenvalue weighted by Gasteiger charge is -1.96. The Balaban J connectivity index is 0.000000437. The molecule has 0 spiro atoms. The average Bonchev–Trinajstić information content (AvgIpc) is 2.60. The molecule has 0 unspecified atom stereocenters. The quantitative estimate of drug-likeness (QED) is 0.359. The zero-order chi connectivity index (χ0) is 13.3. The molecule has 98 valence electrons. The van der Waals surface area contributed by atoms with Crippen LogP contribution in [0.1, 0.15) is 25.6 Å². The Kier molecular flexibility index (Phi) is 7.33. The molecule has 1 aromatic heterocycles. The standard InChI is InChI=1S/C10H16N2.BF4/c1-3-5-8-12-9-7-11-10(12)6-4-2;2-1(3,4)5/h4,7,9H,2-3,5-6,8H2,1H3;/q;-1/p+1. The van der Waals surface area contributed by atoms with Crippen LogP contribution in [0.15, 0.2) is 25.0 Å². The molecular weight excluding hydrogens is 235 g/mol. The highest BCUT2D eigenvalue weighted by molar-refractivity contribution is 6.50. The van der Waals surface area contributed by atoms with Gasteiger partial charge in [0.25, 0.3) is 5.82 Å². The third-order valence-electron chi connectivity index (χ3n) is 1.94. The third-order valence-corrected chi connectivity index (χ3v) is 1.94. The van der Waals surface area contributed by atoms with Crippen molar-refractivity contribution in [3.8, 4) is 0 Å². The second kappa shape index (κ2) is 7.92. The summed E-state index contributed by atoms with van der Waals surface area (Å²) in [4.78, 5) is 3.21. The molecule has 0 bridgehead atoms. The van der Waals surface area contributed by atoms with Crippen LogP contribution in [0.4, 0.5) is 17.3 Å². The van der Waals surface area contributed by atoms with Crippen LogP contribution in [0.5, 0.6) is 0 Å². The summed E-state index contributed by atoms with van der Waals surface area (Å²) in [6.07, 6.45) is 9.41. The van der Waals surface area contributed by atoms with Gasteiger partial charge in [-0.2, -0.15) is 0 Å². The first-order valence-electron chi connectivity index (χ1n) is 5.42. The molecule has 0 saturated heterocycles. The molecule has 0 amide bonds. The molecule has 17 heavy (non-hydrogen) atoms. The molecule has 0 aliphatic heterocycles. The van der Waals surface area contributed by atoms with E-state index in [0.29, 0.717) is 0 Å². The van der Waals surface area contributed by atoms with Crippen molar-refractivity contribution >= 4 is 7.25 Å². The number of aromatic nitrogens is 2. The van der Waals surface area contributed by atoms with Gasteiger partial charge >= 0.3 is 7.25 Å². The van der Waals surface area contributed by atoms with E-state index in [1.54, 1.807) is 0 Å². The molecule has 0 radical (unpaired) electrons. The molecule has 0 aliphatic carbocycles. The number of rotatable bonds is 5. The Labute approximate surface area is 98.5 Å². The summed E-state index contributed by atoms with van der Waals surface area (Å²) >= 11 is 0. The number of allylic oxidation sites excluding steroid dienone is 1. The highest BCUT2D eigenvalue weighted by Gasteiger charge is 2.20. The van der Waals surface area contributed by atoms with Crippen LogP contribution >= 0.6 is 0 Å². The van der Waals surface area contributed by atoms with Gasteiger partial charge < -0.3 is 17.3 Å². The number of aryl methyl sites for hydroxylation is 1. The molecule has 1 heterocycles. The number of halogens is 4. The molecule has 0 fully saturated rings. The number of unbranched alkanes of at least 4 members (excludes halogenated alkanes) is 1. The van der Waals surface area contributed by atoms with E-state index < -0.39 is 7.25 Å². The monoisotopic (exact) mass is 252 g/mol. The van der Waals surface area contributed by atoms with Crippen molar-refractivity contribution in [2.75, 3.05) is 0 Å². The molecule has 0 atom stereocenters. The average molecular weight is 252 g/mol. The van der Waals surface area contributed by atoms with Gasteiger partial charge in [-0.1, -0.05) is 19.4 Å². The number of nitrogens with zero attached hydrogens (tertiary/aromatic N) is 1. The molecule has 0 aliphatic rings. The highest BCUT2D eigenvalue weighted by atomic mass is 19.5. The topological polar surface area (TPSA) is 19.7 Å². The van der Waals surface area contributed by atoms with Gasteiger partial charge in [-0.05, 0) is 6.42 Å². The highest BCUT2D eigenvalue weighted by Crippen LogP contribution is 2.06. The van der Waals surface area contributed by atoms with Crippen LogP contribution in [0, 0.1) is 0 Å². The van der Waals surface area contributed by atoms with Crippen LogP contribution in [0.2, 0.25) is 0 Å². The van der Waals surface area contributed by atoms with Gasteiger partial charge in [0.05, 0.1) is 13.0 Å². The van der Waals surface area contributed by atoms with Crippen LogP contribution < -0.4 is 4.57 Å². The molecule has 0 saturated carbocycles. The zero-order valence-electron chi connectivity index (χ0n) is 9.80. The van der Waals surface area contributed by atoms with E-state index >= 15 is 0 Å². The van der Waals surface area contributed by atoms with E-state index in [9.17, 15) is 17.3 Å². The van der Waals surface area contributed by atoms with Crippen LogP contribution in [-0.2, 0) is 13.0 Å². The van der Waals surface area contributed by atoms with Gasteiger partial charge in [-0.3, -0.25) is 0 Å². The van der Waals surface area contributed by atoms with Crippen LogP contribution in [-0.4, -0.2) is 12.2 Å². The molecule has 1 N–H and O–H groups in total. The SMILES string of the molecule is C=CCc1[nH]cc[n+]1CCCC.F[B-](F)(F)F. The van der Waals surface area contributed by atoms with Crippen molar-refractivity contribution in [2.45, 2.75) is 32.7 Å². The van der Waals surface area contributed by atoms with E-state index in [4.69, 9.17) is 0 Å². The number of nitrogens with one attached hydrogen (secondary N) is 1. The predicted molar refractivity (Wildman–Crippen MR) is 60.0 cm³/mol. The third kappa shape index (κ3) is 9.65. The van der Waals surface area contributed by atoms with Gasteiger partial charge in [-0.25, -0.2) is 9.55 Å². The fourth-order valence-corrected chi connectivity index (χ4v) is 1.25. The molecule has 1 aromatic rings. The van der Waals surface area contributed by atoms with E-state index in [-0.39, 0.29) is 0 Å². The summed E-state index contributed by atoms with van der Waals surface area (Å²) in [6, 6.07) is 0. The maximum absolute atomic E-state index is 9.75. The van der Waals surface area contributed by atoms with Crippen molar-refractivity contribution in [1.29, 1.82) is 0 Å². The van der Waals surface area contributed by atoms with Crippen molar-refractivity contribution in [3.05, 3.63) is 30.9 Å². The molecule has 2 nitrogen and oxygen atoms in total. The van der Waals surface area contributed by atoms with Crippen LogP contribution in [0.3, 0.4) is 0 Å². The first-order chi connectivity index (χ1) is 7.88. The lowest BCUT2D eigenvalue weighted by molar-refractivity contribution is -0.702. The maximum atomic E-state index is 9.75. The summed E-state index contributed by atoms with van der Waals surface area (Å²) in [5, 5.41) is 0. The molecule has 7 heteroatoms. The molecule has 0 aromatic carbocycles. The minimum absolute atomic E-state index is 0.927. The molecular formula is C10H17BF4N2. The van der Waals surface area contributed by atoms with Crippen molar-refractivity contribution in [1.82, 2.24) is 4.98 Å². The summed E-state index contributed by atoms with van der Waals surface area (Å²) in [6.45, 7) is 7.05. The smallest absolute Gasteiger partial charge is 0.418 e. The Morgan fingerprint density at radius 2 is 2.00 bits per heavy atom. The lowest BCUT2D eigenvalue weighted by atomic mass is 10.3.